The fraction of sp³-hybridized carbons (Fsp3) is 0.889. The van der Waals surface area contributed by atoms with Gasteiger partial charge in [0.25, 0.3) is 0 Å². The Balaban J connectivity index is 2.65. The first-order valence-electron chi connectivity index (χ1n) is 4.32. The van der Waals surface area contributed by atoms with Gasteiger partial charge in [-0.1, -0.05) is 13.8 Å². The Morgan fingerprint density at radius 1 is 1.36 bits per heavy atom. The van der Waals surface area contributed by atoms with Crippen molar-refractivity contribution in [2.75, 3.05) is 0 Å². The van der Waals surface area contributed by atoms with Crippen LogP contribution in [0.4, 0.5) is 0 Å². The van der Waals surface area contributed by atoms with Gasteiger partial charge in [0.1, 0.15) is 0 Å². The van der Waals surface area contributed by atoms with Crippen LogP contribution in [-0.4, -0.2) is 6.04 Å². The molecule has 1 fully saturated rings. The summed E-state index contributed by atoms with van der Waals surface area (Å²) in [6, 6.07) is 2.43. The minimum Gasteiger partial charge on any atom is -0.327 e. The molecule has 2 heteroatoms. The normalized spacial score (nSPS) is 44.9. The largest absolute Gasteiger partial charge is 0.327 e. The van der Waals surface area contributed by atoms with Gasteiger partial charge in [-0.3, -0.25) is 0 Å². The number of nitrogens with two attached hydrogens (primary N) is 1. The van der Waals surface area contributed by atoms with E-state index in [4.69, 9.17) is 11.0 Å². The Morgan fingerprint density at radius 2 is 2.00 bits per heavy atom. The summed E-state index contributed by atoms with van der Waals surface area (Å²) in [4.78, 5) is 0. The number of nitrogens with zero attached hydrogens (tertiary/aromatic N) is 1. The van der Waals surface area contributed by atoms with E-state index in [9.17, 15) is 0 Å². The van der Waals surface area contributed by atoms with Crippen molar-refractivity contribution < 1.29 is 0 Å². The number of rotatable bonds is 0. The molecule has 0 aliphatic heterocycles. The lowest BCUT2D eigenvalue weighted by atomic mass is 9.72. The first-order chi connectivity index (χ1) is 5.16. The second-order valence-electron chi connectivity index (χ2n) is 3.73. The predicted molar refractivity (Wildman–Crippen MR) is 44.6 cm³/mol. The predicted octanol–water partition coefficient (Wildman–Crippen LogP) is 1.52. The average Bonchev–Trinajstić information content (AvgIpc) is 1.99. The lowest BCUT2D eigenvalue weighted by molar-refractivity contribution is 0.197. The molecule has 2 N–H and O–H groups in total. The van der Waals surface area contributed by atoms with E-state index in [0.717, 1.165) is 6.42 Å². The summed E-state index contributed by atoms with van der Waals surface area (Å²) in [5.74, 6) is 1.22. The van der Waals surface area contributed by atoms with Gasteiger partial charge in [-0.05, 0) is 24.7 Å². The highest BCUT2D eigenvalue weighted by molar-refractivity contribution is 4.98. The van der Waals surface area contributed by atoms with Crippen LogP contribution in [0.1, 0.15) is 26.7 Å². The molecule has 0 radical (unpaired) electrons. The molecule has 0 saturated heterocycles. The van der Waals surface area contributed by atoms with Gasteiger partial charge in [0, 0.05) is 6.04 Å². The number of hydrogen-bond acceptors (Lipinski definition) is 2. The maximum Gasteiger partial charge on any atom is 0.0675 e. The van der Waals surface area contributed by atoms with Gasteiger partial charge in [-0.2, -0.15) is 5.26 Å². The van der Waals surface area contributed by atoms with Crippen LogP contribution in [-0.2, 0) is 0 Å². The van der Waals surface area contributed by atoms with Crippen molar-refractivity contribution in [3.63, 3.8) is 0 Å². The summed E-state index contributed by atoms with van der Waals surface area (Å²) in [5.41, 5.74) is 5.82. The molecule has 1 aliphatic carbocycles. The van der Waals surface area contributed by atoms with Crippen molar-refractivity contribution in [3.8, 4) is 6.07 Å². The second kappa shape index (κ2) is 3.23. The van der Waals surface area contributed by atoms with E-state index in [0.29, 0.717) is 11.8 Å². The summed E-state index contributed by atoms with van der Waals surface area (Å²) in [6.07, 6.45) is 2.20. The van der Waals surface area contributed by atoms with Crippen molar-refractivity contribution in [1.82, 2.24) is 0 Å². The average molecular weight is 152 g/mol. The Kier molecular flexibility index (Phi) is 2.51. The molecule has 0 bridgehead atoms. The molecule has 4 unspecified atom stereocenters. The van der Waals surface area contributed by atoms with E-state index in [1.165, 1.54) is 6.42 Å². The van der Waals surface area contributed by atoms with E-state index in [-0.39, 0.29) is 12.0 Å². The molecule has 1 rings (SSSR count). The lowest BCUT2D eigenvalue weighted by Crippen LogP contribution is -2.40. The fourth-order valence-corrected chi connectivity index (χ4v) is 1.85. The van der Waals surface area contributed by atoms with E-state index >= 15 is 0 Å². The highest BCUT2D eigenvalue weighted by Crippen LogP contribution is 2.32. The van der Waals surface area contributed by atoms with Crippen LogP contribution in [0.15, 0.2) is 0 Å². The molecule has 0 heterocycles. The molecule has 1 aliphatic rings. The van der Waals surface area contributed by atoms with E-state index in [1.54, 1.807) is 0 Å². The molecule has 4 atom stereocenters. The molecule has 0 amide bonds. The van der Waals surface area contributed by atoms with Gasteiger partial charge in [0.05, 0.1) is 12.0 Å². The summed E-state index contributed by atoms with van der Waals surface area (Å²) in [6.45, 7) is 4.35. The second-order valence-corrected chi connectivity index (χ2v) is 3.73. The van der Waals surface area contributed by atoms with Crippen LogP contribution in [0.25, 0.3) is 0 Å². The third-order valence-electron chi connectivity index (χ3n) is 3.03. The van der Waals surface area contributed by atoms with Crippen molar-refractivity contribution >= 4 is 0 Å². The summed E-state index contributed by atoms with van der Waals surface area (Å²) >= 11 is 0. The van der Waals surface area contributed by atoms with E-state index in [1.807, 2.05) is 0 Å². The maximum atomic E-state index is 8.82. The Bertz CT molecular complexity index is 171. The van der Waals surface area contributed by atoms with Crippen molar-refractivity contribution in [2.45, 2.75) is 32.7 Å². The van der Waals surface area contributed by atoms with Crippen LogP contribution < -0.4 is 5.73 Å². The maximum absolute atomic E-state index is 8.82. The molecule has 0 spiro atoms. The summed E-state index contributed by atoms with van der Waals surface area (Å²) in [7, 11) is 0. The van der Waals surface area contributed by atoms with Gasteiger partial charge in [0.2, 0.25) is 0 Å². The molecule has 11 heavy (non-hydrogen) atoms. The van der Waals surface area contributed by atoms with Gasteiger partial charge in [-0.25, -0.2) is 0 Å². The third-order valence-corrected chi connectivity index (χ3v) is 3.03. The van der Waals surface area contributed by atoms with Gasteiger partial charge >= 0.3 is 0 Å². The fourth-order valence-electron chi connectivity index (χ4n) is 1.85. The van der Waals surface area contributed by atoms with E-state index in [2.05, 4.69) is 19.9 Å². The first-order valence-corrected chi connectivity index (χ1v) is 4.32. The number of nitriles is 1. The van der Waals surface area contributed by atoms with Gasteiger partial charge < -0.3 is 5.73 Å². The quantitative estimate of drug-likeness (QED) is 0.572. The zero-order chi connectivity index (χ0) is 8.43. The van der Waals surface area contributed by atoms with Crippen molar-refractivity contribution in [1.29, 1.82) is 5.26 Å². The van der Waals surface area contributed by atoms with Crippen LogP contribution >= 0.6 is 0 Å². The minimum atomic E-state index is 0.0822. The Hall–Kier alpha value is -0.550. The Labute approximate surface area is 68.4 Å². The monoisotopic (exact) mass is 152 g/mol. The smallest absolute Gasteiger partial charge is 0.0675 e. The van der Waals surface area contributed by atoms with Gasteiger partial charge in [-0.15, -0.1) is 0 Å². The zero-order valence-electron chi connectivity index (χ0n) is 7.25. The lowest BCUT2D eigenvalue weighted by Gasteiger charge is -2.34. The zero-order valence-corrected chi connectivity index (χ0v) is 7.25. The van der Waals surface area contributed by atoms with Crippen molar-refractivity contribution in [3.05, 3.63) is 0 Å². The van der Waals surface area contributed by atoms with Crippen LogP contribution in [0, 0.1) is 29.1 Å². The first kappa shape index (κ1) is 8.55. The van der Waals surface area contributed by atoms with Crippen molar-refractivity contribution in [2.24, 2.45) is 23.5 Å². The third kappa shape index (κ3) is 1.54. The molecule has 2 nitrogen and oxygen atoms in total. The summed E-state index contributed by atoms with van der Waals surface area (Å²) in [5, 5.41) is 8.82. The highest BCUT2D eigenvalue weighted by Gasteiger charge is 2.32. The van der Waals surface area contributed by atoms with Crippen LogP contribution in [0.2, 0.25) is 0 Å². The SMILES string of the molecule is CC1CCC(N)C(C#N)C1C. The molecule has 1 saturated carbocycles. The molecule has 0 aromatic heterocycles. The van der Waals surface area contributed by atoms with Crippen LogP contribution in [0.3, 0.4) is 0 Å². The standard InChI is InChI=1S/C9H16N2/c1-6-3-4-9(11)8(5-10)7(6)2/h6-9H,3-4,11H2,1-2H3. The van der Waals surface area contributed by atoms with Crippen LogP contribution in [0.5, 0.6) is 0 Å². The molecule has 0 aromatic rings. The highest BCUT2D eigenvalue weighted by atomic mass is 14.7. The van der Waals surface area contributed by atoms with E-state index < -0.39 is 0 Å². The topological polar surface area (TPSA) is 49.8 Å². The minimum absolute atomic E-state index is 0.0822. The molecule has 0 aromatic carbocycles. The molecular weight excluding hydrogens is 136 g/mol. The molecular formula is C9H16N2. The number of hydrogen-bond donors (Lipinski definition) is 1. The molecule has 62 valence electrons. The summed E-state index contributed by atoms with van der Waals surface area (Å²) < 4.78 is 0. The Morgan fingerprint density at radius 3 is 2.45 bits per heavy atom. The van der Waals surface area contributed by atoms with Gasteiger partial charge in [0.15, 0.2) is 0 Å².